The van der Waals surface area contributed by atoms with Gasteiger partial charge in [0.15, 0.2) is 11.0 Å². The molecule has 196 valence electrons. The van der Waals surface area contributed by atoms with Crippen LogP contribution in [0.2, 0.25) is 0 Å². The van der Waals surface area contributed by atoms with Crippen molar-refractivity contribution in [2.45, 2.75) is 44.9 Å². The summed E-state index contributed by atoms with van der Waals surface area (Å²) in [6.07, 6.45) is 0.233. The summed E-state index contributed by atoms with van der Waals surface area (Å²) in [5.41, 5.74) is 1.87. The lowest BCUT2D eigenvalue weighted by Crippen LogP contribution is -2.30. The third-order valence-electron chi connectivity index (χ3n) is 5.36. The molecule has 10 nitrogen and oxygen atoms in total. The third-order valence-corrected chi connectivity index (χ3v) is 6.33. The first-order valence-electron chi connectivity index (χ1n) is 11.9. The molecular formula is C26H31N5O5S. The Kier molecular flexibility index (Phi) is 10.1. The van der Waals surface area contributed by atoms with E-state index in [-0.39, 0.29) is 30.0 Å². The predicted molar refractivity (Wildman–Crippen MR) is 141 cm³/mol. The smallest absolute Gasteiger partial charge is 0.338 e. The summed E-state index contributed by atoms with van der Waals surface area (Å²) < 4.78 is 12.0. The molecular weight excluding hydrogens is 494 g/mol. The number of ether oxygens (including phenoxy) is 2. The normalized spacial score (nSPS) is 11.5. The molecule has 37 heavy (non-hydrogen) atoms. The SMILES string of the molecule is CCOC(=O)c1ccc(NC(=O)CSc2nnc([C@H](C)NC(=O)Cc3ccc(OC)cc3)n2CC)cc1. The van der Waals surface area contributed by atoms with Crippen molar-refractivity contribution >= 4 is 35.2 Å². The first kappa shape index (κ1) is 27.7. The number of anilines is 1. The zero-order valence-corrected chi connectivity index (χ0v) is 22.1. The van der Waals surface area contributed by atoms with Crippen LogP contribution in [0.25, 0.3) is 0 Å². The first-order chi connectivity index (χ1) is 17.8. The van der Waals surface area contributed by atoms with Crippen molar-refractivity contribution in [3.05, 3.63) is 65.5 Å². The highest BCUT2D eigenvalue weighted by atomic mass is 32.2. The molecule has 0 bridgehead atoms. The van der Waals surface area contributed by atoms with Gasteiger partial charge in [0.05, 0.1) is 37.5 Å². The third kappa shape index (κ3) is 7.81. The Hall–Kier alpha value is -3.86. The van der Waals surface area contributed by atoms with E-state index in [0.717, 1.165) is 11.3 Å². The average molecular weight is 526 g/mol. The van der Waals surface area contributed by atoms with Crippen LogP contribution in [0.15, 0.2) is 53.7 Å². The van der Waals surface area contributed by atoms with Crippen molar-refractivity contribution in [2.75, 3.05) is 24.8 Å². The lowest BCUT2D eigenvalue weighted by atomic mass is 10.1. The van der Waals surface area contributed by atoms with Gasteiger partial charge in [0.2, 0.25) is 11.8 Å². The molecule has 0 saturated heterocycles. The number of amides is 2. The summed E-state index contributed by atoms with van der Waals surface area (Å²) in [4.78, 5) is 36.8. The highest BCUT2D eigenvalue weighted by Crippen LogP contribution is 2.21. The lowest BCUT2D eigenvalue weighted by Gasteiger charge is -2.15. The molecule has 2 amide bonds. The Morgan fingerprint density at radius 2 is 1.70 bits per heavy atom. The van der Waals surface area contributed by atoms with Gasteiger partial charge < -0.3 is 24.7 Å². The van der Waals surface area contributed by atoms with Gasteiger partial charge in [0.25, 0.3) is 0 Å². The maximum absolute atomic E-state index is 12.6. The lowest BCUT2D eigenvalue weighted by molar-refractivity contribution is -0.121. The number of hydrogen-bond donors (Lipinski definition) is 2. The van der Waals surface area contributed by atoms with Crippen molar-refractivity contribution in [1.29, 1.82) is 0 Å². The molecule has 0 fully saturated rings. The second-order valence-corrected chi connectivity index (χ2v) is 8.98. The summed E-state index contributed by atoms with van der Waals surface area (Å²) in [5.74, 6) is 0.711. The average Bonchev–Trinajstić information content (AvgIpc) is 3.31. The van der Waals surface area contributed by atoms with E-state index in [2.05, 4.69) is 20.8 Å². The van der Waals surface area contributed by atoms with Gasteiger partial charge in [-0.25, -0.2) is 4.79 Å². The van der Waals surface area contributed by atoms with Gasteiger partial charge in [-0.05, 0) is 62.7 Å². The molecule has 0 saturated carbocycles. The number of rotatable bonds is 12. The monoisotopic (exact) mass is 525 g/mol. The number of hydrogen-bond acceptors (Lipinski definition) is 8. The Morgan fingerprint density at radius 1 is 1.00 bits per heavy atom. The van der Waals surface area contributed by atoms with Gasteiger partial charge >= 0.3 is 5.97 Å². The number of benzene rings is 2. The fourth-order valence-corrected chi connectivity index (χ4v) is 4.35. The Balaban J connectivity index is 1.54. The van der Waals surface area contributed by atoms with Gasteiger partial charge in [-0.3, -0.25) is 9.59 Å². The van der Waals surface area contributed by atoms with Crippen LogP contribution < -0.4 is 15.4 Å². The molecule has 2 N–H and O–H groups in total. The molecule has 0 unspecified atom stereocenters. The van der Waals surface area contributed by atoms with Crippen LogP contribution in [-0.2, 0) is 27.3 Å². The predicted octanol–water partition coefficient (Wildman–Crippen LogP) is 3.63. The molecule has 0 spiro atoms. The van der Waals surface area contributed by atoms with E-state index >= 15 is 0 Å². The van der Waals surface area contributed by atoms with Crippen LogP contribution in [0, 0.1) is 0 Å². The number of carbonyl (C=O) groups excluding carboxylic acids is 3. The van der Waals surface area contributed by atoms with Crippen molar-refractivity contribution in [3.63, 3.8) is 0 Å². The summed E-state index contributed by atoms with van der Waals surface area (Å²) >= 11 is 1.26. The molecule has 0 aliphatic heterocycles. The Morgan fingerprint density at radius 3 is 2.32 bits per heavy atom. The topological polar surface area (TPSA) is 124 Å². The summed E-state index contributed by atoms with van der Waals surface area (Å²) in [6, 6.07) is 13.5. The highest BCUT2D eigenvalue weighted by molar-refractivity contribution is 7.99. The van der Waals surface area contributed by atoms with Crippen LogP contribution >= 0.6 is 11.8 Å². The number of nitrogens with one attached hydrogen (secondary N) is 2. The zero-order valence-electron chi connectivity index (χ0n) is 21.3. The van der Waals surface area contributed by atoms with Crippen molar-refractivity contribution < 1.29 is 23.9 Å². The Labute approximate surface area is 220 Å². The van der Waals surface area contributed by atoms with Crippen LogP contribution in [0.5, 0.6) is 5.75 Å². The van der Waals surface area contributed by atoms with Gasteiger partial charge in [-0.2, -0.15) is 0 Å². The number of esters is 1. The van der Waals surface area contributed by atoms with Crippen molar-refractivity contribution in [3.8, 4) is 5.75 Å². The van der Waals surface area contributed by atoms with Crippen molar-refractivity contribution in [2.24, 2.45) is 0 Å². The van der Waals surface area contributed by atoms with Crippen LogP contribution in [0.4, 0.5) is 5.69 Å². The molecule has 1 atom stereocenters. The van der Waals surface area contributed by atoms with E-state index in [9.17, 15) is 14.4 Å². The molecule has 3 rings (SSSR count). The fraction of sp³-hybridized carbons (Fsp3) is 0.346. The second kappa shape index (κ2) is 13.4. The van der Waals surface area contributed by atoms with E-state index in [0.29, 0.717) is 35.4 Å². The number of aromatic nitrogens is 3. The van der Waals surface area contributed by atoms with Gasteiger partial charge in [0.1, 0.15) is 5.75 Å². The highest BCUT2D eigenvalue weighted by Gasteiger charge is 2.20. The maximum Gasteiger partial charge on any atom is 0.338 e. The van der Waals surface area contributed by atoms with Gasteiger partial charge in [-0.15, -0.1) is 10.2 Å². The fourth-order valence-electron chi connectivity index (χ4n) is 3.54. The molecule has 1 heterocycles. The minimum Gasteiger partial charge on any atom is -0.497 e. The Bertz CT molecular complexity index is 1210. The quantitative estimate of drug-likeness (QED) is 0.271. The number of nitrogens with zero attached hydrogens (tertiary/aromatic N) is 3. The standard InChI is InChI=1S/C26H31N5O5S/c1-5-31-24(17(3)27-22(32)15-18-7-13-21(35-4)14-8-18)29-30-26(31)37-16-23(33)28-20-11-9-19(10-12-20)25(34)36-6-2/h7-14,17H,5-6,15-16H2,1-4H3,(H,27,32)(H,28,33)/t17-/m0/s1. The van der Waals surface area contributed by atoms with Crippen molar-refractivity contribution in [1.82, 2.24) is 20.1 Å². The van der Waals surface area contributed by atoms with E-state index in [1.165, 1.54) is 11.8 Å². The van der Waals surface area contributed by atoms with Crippen LogP contribution in [0.3, 0.4) is 0 Å². The molecule has 11 heteroatoms. The van der Waals surface area contributed by atoms with E-state index < -0.39 is 5.97 Å². The largest absolute Gasteiger partial charge is 0.497 e. The van der Waals surface area contributed by atoms with E-state index in [1.807, 2.05) is 42.7 Å². The van der Waals surface area contributed by atoms with E-state index in [4.69, 9.17) is 9.47 Å². The molecule has 0 aliphatic rings. The minimum absolute atomic E-state index is 0.121. The van der Waals surface area contributed by atoms with Gasteiger partial charge in [0, 0.05) is 12.2 Å². The summed E-state index contributed by atoms with van der Waals surface area (Å²) in [6.45, 7) is 6.43. The molecule has 3 aromatic rings. The first-order valence-corrected chi connectivity index (χ1v) is 12.9. The summed E-state index contributed by atoms with van der Waals surface area (Å²) in [5, 5.41) is 14.8. The maximum atomic E-state index is 12.6. The molecule has 2 aromatic carbocycles. The molecule has 1 aromatic heterocycles. The zero-order chi connectivity index (χ0) is 26.8. The van der Waals surface area contributed by atoms with Gasteiger partial charge in [-0.1, -0.05) is 23.9 Å². The number of methoxy groups -OCH3 is 1. The summed E-state index contributed by atoms with van der Waals surface area (Å²) in [7, 11) is 1.60. The second-order valence-electron chi connectivity index (χ2n) is 8.03. The number of carbonyl (C=O) groups is 3. The van der Waals surface area contributed by atoms with Crippen LogP contribution in [0.1, 0.15) is 48.6 Å². The number of thioether (sulfide) groups is 1. The van der Waals surface area contributed by atoms with Crippen LogP contribution in [-0.4, -0.2) is 52.0 Å². The molecule has 0 aliphatic carbocycles. The minimum atomic E-state index is -0.406. The molecule has 0 radical (unpaired) electrons. The van der Waals surface area contributed by atoms with E-state index in [1.54, 1.807) is 38.3 Å².